The lowest BCUT2D eigenvalue weighted by molar-refractivity contribution is -0.113. The van der Waals surface area contributed by atoms with Crippen molar-refractivity contribution in [2.45, 2.75) is 33.1 Å². The molecule has 13 heavy (non-hydrogen) atoms. The number of Topliss-reactive ketones (excluding diaryl/α,β-unsaturated/α-hetero) is 1. The van der Waals surface area contributed by atoms with E-state index in [0.29, 0.717) is 12.2 Å². The summed E-state index contributed by atoms with van der Waals surface area (Å²) in [5, 5.41) is 9.50. The van der Waals surface area contributed by atoms with Crippen molar-refractivity contribution in [3.8, 4) is 0 Å². The Labute approximate surface area is 79.0 Å². The second kappa shape index (κ2) is 4.26. The minimum absolute atomic E-state index is 0.116. The zero-order chi connectivity index (χ0) is 9.84. The van der Waals surface area contributed by atoms with Crippen molar-refractivity contribution in [1.82, 2.24) is 0 Å². The quantitative estimate of drug-likeness (QED) is 0.725. The molecule has 0 aliphatic heterocycles. The minimum atomic E-state index is 0.116. The topological polar surface area (TPSA) is 37.3 Å². The van der Waals surface area contributed by atoms with Crippen molar-refractivity contribution in [2.24, 2.45) is 5.92 Å². The molecule has 2 nitrogen and oxygen atoms in total. The van der Waals surface area contributed by atoms with Gasteiger partial charge in [-0.2, -0.15) is 0 Å². The van der Waals surface area contributed by atoms with E-state index in [2.05, 4.69) is 6.92 Å². The van der Waals surface area contributed by atoms with Crippen LogP contribution in [-0.4, -0.2) is 10.9 Å². The van der Waals surface area contributed by atoms with Gasteiger partial charge in [0.2, 0.25) is 0 Å². The SMILES string of the molecule is CCCC1CC(C(C)=O)=CC=C1O. The van der Waals surface area contributed by atoms with Crippen LogP contribution in [0.15, 0.2) is 23.5 Å². The number of ketones is 1. The molecule has 0 fully saturated rings. The van der Waals surface area contributed by atoms with Gasteiger partial charge in [-0.3, -0.25) is 4.79 Å². The summed E-state index contributed by atoms with van der Waals surface area (Å²) in [6, 6.07) is 0. The summed E-state index contributed by atoms with van der Waals surface area (Å²) in [4.78, 5) is 11.1. The zero-order valence-electron chi connectivity index (χ0n) is 8.21. The average molecular weight is 180 g/mol. The highest BCUT2D eigenvalue weighted by molar-refractivity contribution is 5.93. The van der Waals surface area contributed by atoms with Crippen LogP contribution in [0.25, 0.3) is 0 Å². The third-order valence-corrected chi connectivity index (χ3v) is 2.43. The van der Waals surface area contributed by atoms with Crippen LogP contribution in [0.3, 0.4) is 0 Å². The molecule has 0 radical (unpaired) electrons. The maximum absolute atomic E-state index is 11.1. The molecule has 0 aromatic rings. The molecule has 0 saturated carbocycles. The van der Waals surface area contributed by atoms with Crippen molar-refractivity contribution >= 4 is 5.78 Å². The van der Waals surface area contributed by atoms with Crippen LogP contribution in [0, 0.1) is 5.92 Å². The van der Waals surface area contributed by atoms with Crippen LogP contribution in [0.5, 0.6) is 0 Å². The van der Waals surface area contributed by atoms with Gasteiger partial charge in [0.05, 0.1) is 5.76 Å². The molecule has 72 valence electrons. The lowest BCUT2D eigenvalue weighted by atomic mass is 9.88. The Kier molecular flexibility index (Phi) is 3.29. The molecule has 0 aromatic heterocycles. The fourth-order valence-corrected chi connectivity index (χ4v) is 1.62. The first-order valence-electron chi connectivity index (χ1n) is 4.75. The summed E-state index contributed by atoms with van der Waals surface area (Å²) in [5.41, 5.74) is 0.830. The number of allylic oxidation sites excluding steroid dienone is 4. The average Bonchev–Trinajstić information content (AvgIpc) is 2.08. The number of rotatable bonds is 3. The van der Waals surface area contributed by atoms with E-state index >= 15 is 0 Å². The standard InChI is InChI=1S/C11H16O2/c1-3-4-10-7-9(8(2)12)5-6-11(10)13/h5-6,10,13H,3-4,7H2,1-2H3. The van der Waals surface area contributed by atoms with Crippen LogP contribution < -0.4 is 0 Å². The Hall–Kier alpha value is -1.05. The Bertz CT molecular complexity index is 261. The smallest absolute Gasteiger partial charge is 0.155 e. The van der Waals surface area contributed by atoms with E-state index in [1.54, 1.807) is 19.1 Å². The van der Waals surface area contributed by atoms with Crippen molar-refractivity contribution in [2.75, 3.05) is 0 Å². The Balaban J connectivity index is 2.71. The first kappa shape index (κ1) is 10.0. The monoisotopic (exact) mass is 180 g/mol. The molecule has 0 heterocycles. The Morgan fingerprint density at radius 3 is 2.85 bits per heavy atom. The van der Waals surface area contributed by atoms with Crippen molar-refractivity contribution in [1.29, 1.82) is 0 Å². The first-order valence-corrected chi connectivity index (χ1v) is 4.75. The van der Waals surface area contributed by atoms with E-state index in [0.717, 1.165) is 18.4 Å². The lowest BCUT2D eigenvalue weighted by Crippen LogP contribution is -2.12. The maximum Gasteiger partial charge on any atom is 0.155 e. The van der Waals surface area contributed by atoms with Gasteiger partial charge in [0.25, 0.3) is 0 Å². The largest absolute Gasteiger partial charge is 0.512 e. The summed E-state index contributed by atoms with van der Waals surface area (Å²) in [5.74, 6) is 0.700. The molecule has 2 heteroatoms. The molecule has 0 spiro atoms. The van der Waals surface area contributed by atoms with Gasteiger partial charge in [0, 0.05) is 5.92 Å². The van der Waals surface area contributed by atoms with Gasteiger partial charge in [-0.05, 0) is 31.4 Å². The summed E-state index contributed by atoms with van der Waals surface area (Å²) in [6.07, 6.45) is 6.07. The molecule has 1 rings (SSSR count). The van der Waals surface area contributed by atoms with E-state index in [1.807, 2.05) is 0 Å². The van der Waals surface area contributed by atoms with E-state index < -0.39 is 0 Å². The zero-order valence-corrected chi connectivity index (χ0v) is 8.21. The Morgan fingerprint density at radius 1 is 1.62 bits per heavy atom. The highest BCUT2D eigenvalue weighted by atomic mass is 16.3. The summed E-state index contributed by atoms with van der Waals surface area (Å²) < 4.78 is 0. The van der Waals surface area contributed by atoms with E-state index in [4.69, 9.17) is 0 Å². The van der Waals surface area contributed by atoms with E-state index in [9.17, 15) is 9.90 Å². The summed E-state index contributed by atoms with van der Waals surface area (Å²) >= 11 is 0. The van der Waals surface area contributed by atoms with Crippen molar-refractivity contribution in [3.05, 3.63) is 23.5 Å². The van der Waals surface area contributed by atoms with Crippen molar-refractivity contribution in [3.63, 3.8) is 0 Å². The molecule has 0 amide bonds. The predicted octanol–water partition coefficient (Wildman–Crippen LogP) is 2.76. The number of hydrogen-bond donors (Lipinski definition) is 1. The number of aliphatic hydroxyl groups is 1. The molecule has 1 aliphatic carbocycles. The van der Waals surface area contributed by atoms with Gasteiger partial charge in [-0.15, -0.1) is 0 Å². The normalized spacial score (nSPS) is 22.2. The highest BCUT2D eigenvalue weighted by Gasteiger charge is 2.19. The second-order valence-electron chi connectivity index (χ2n) is 3.53. The summed E-state index contributed by atoms with van der Waals surface area (Å²) in [7, 11) is 0. The molecule has 1 unspecified atom stereocenters. The van der Waals surface area contributed by atoms with Gasteiger partial charge in [-0.25, -0.2) is 0 Å². The third-order valence-electron chi connectivity index (χ3n) is 2.43. The van der Waals surface area contributed by atoms with Gasteiger partial charge < -0.3 is 5.11 Å². The van der Waals surface area contributed by atoms with Crippen LogP contribution in [0.1, 0.15) is 33.1 Å². The molecule has 1 atom stereocenters. The fraction of sp³-hybridized carbons (Fsp3) is 0.545. The number of carbonyl (C=O) groups is 1. The first-order chi connectivity index (χ1) is 6.15. The number of hydrogen-bond acceptors (Lipinski definition) is 2. The maximum atomic E-state index is 11.1. The Morgan fingerprint density at radius 2 is 2.31 bits per heavy atom. The molecule has 0 aromatic carbocycles. The van der Waals surface area contributed by atoms with Gasteiger partial charge in [-0.1, -0.05) is 19.4 Å². The number of carbonyl (C=O) groups excluding carboxylic acids is 1. The fourth-order valence-electron chi connectivity index (χ4n) is 1.62. The van der Waals surface area contributed by atoms with Crippen LogP contribution >= 0.6 is 0 Å². The van der Waals surface area contributed by atoms with Gasteiger partial charge in [0.1, 0.15) is 0 Å². The molecular weight excluding hydrogens is 164 g/mol. The van der Waals surface area contributed by atoms with E-state index in [1.165, 1.54) is 0 Å². The highest BCUT2D eigenvalue weighted by Crippen LogP contribution is 2.27. The van der Waals surface area contributed by atoms with Crippen LogP contribution in [-0.2, 0) is 4.79 Å². The minimum Gasteiger partial charge on any atom is -0.512 e. The third kappa shape index (κ3) is 2.44. The van der Waals surface area contributed by atoms with Crippen LogP contribution in [0.4, 0.5) is 0 Å². The van der Waals surface area contributed by atoms with Crippen LogP contribution in [0.2, 0.25) is 0 Å². The van der Waals surface area contributed by atoms with Crippen molar-refractivity contribution < 1.29 is 9.90 Å². The van der Waals surface area contributed by atoms with Gasteiger partial charge in [0.15, 0.2) is 5.78 Å². The predicted molar refractivity (Wildman–Crippen MR) is 52.5 cm³/mol. The molecule has 0 bridgehead atoms. The molecule has 1 N–H and O–H groups in total. The van der Waals surface area contributed by atoms with E-state index in [-0.39, 0.29) is 11.7 Å². The molecular formula is C11H16O2. The lowest BCUT2D eigenvalue weighted by Gasteiger charge is -2.19. The second-order valence-corrected chi connectivity index (χ2v) is 3.53. The molecule has 1 aliphatic rings. The molecule has 0 saturated heterocycles. The summed E-state index contributed by atoms with van der Waals surface area (Å²) in [6.45, 7) is 3.66. The number of aliphatic hydroxyl groups excluding tert-OH is 1. The van der Waals surface area contributed by atoms with Gasteiger partial charge >= 0.3 is 0 Å².